The Bertz CT molecular complexity index is 1380. The molecule has 7 nitrogen and oxygen atoms in total. The summed E-state index contributed by atoms with van der Waals surface area (Å²) in [6.07, 6.45) is 1.71. The van der Waals surface area contributed by atoms with E-state index in [1.54, 1.807) is 24.2 Å². The van der Waals surface area contributed by atoms with Crippen LogP contribution < -0.4 is 0 Å². The van der Waals surface area contributed by atoms with Crippen molar-refractivity contribution < 1.29 is 9.21 Å². The second kappa shape index (κ2) is 8.39. The third-order valence-corrected chi connectivity index (χ3v) is 5.08. The van der Waals surface area contributed by atoms with Gasteiger partial charge in [0.05, 0.1) is 29.0 Å². The van der Waals surface area contributed by atoms with Crippen LogP contribution in [0.1, 0.15) is 16.2 Å². The number of benzene rings is 2. The first-order valence-corrected chi connectivity index (χ1v) is 10.1. The minimum absolute atomic E-state index is 0.166. The quantitative estimate of drug-likeness (QED) is 0.412. The van der Waals surface area contributed by atoms with Crippen LogP contribution in [0.3, 0.4) is 0 Å². The highest BCUT2D eigenvalue weighted by atomic mass is 16.4. The summed E-state index contributed by atoms with van der Waals surface area (Å²) in [7, 11) is 1.71. The van der Waals surface area contributed by atoms with Crippen molar-refractivity contribution in [2.24, 2.45) is 0 Å². The summed E-state index contributed by atoms with van der Waals surface area (Å²) >= 11 is 0. The average Bonchev–Trinajstić information content (AvgIpc) is 3.32. The fourth-order valence-electron chi connectivity index (χ4n) is 3.49. The lowest BCUT2D eigenvalue weighted by atomic mass is 10.0. The zero-order valence-electron chi connectivity index (χ0n) is 17.3. The topological polar surface area (TPSA) is 85.0 Å². The van der Waals surface area contributed by atoms with Gasteiger partial charge in [-0.3, -0.25) is 9.78 Å². The Morgan fingerprint density at radius 1 is 0.906 bits per heavy atom. The van der Waals surface area contributed by atoms with Gasteiger partial charge < -0.3 is 9.32 Å². The van der Waals surface area contributed by atoms with Crippen LogP contribution in [-0.2, 0) is 6.54 Å². The van der Waals surface area contributed by atoms with Gasteiger partial charge in [0, 0.05) is 24.2 Å². The number of carbonyl (C=O) groups excluding carboxylic acids is 1. The van der Waals surface area contributed by atoms with Crippen molar-refractivity contribution >= 4 is 16.8 Å². The van der Waals surface area contributed by atoms with Crippen LogP contribution in [-0.4, -0.2) is 38.0 Å². The SMILES string of the molecule is CN(Cc1nnc(-c2ccccc2)o1)C(=O)c1cc(-c2ccccn2)nc2ccccc12. The molecular weight excluding hydrogens is 402 g/mol. The first-order valence-electron chi connectivity index (χ1n) is 10.1. The lowest BCUT2D eigenvalue weighted by Gasteiger charge is -2.17. The Hall–Kier alpha value is -4.39. The van der Waals surface area contributed by atoms with Crippen LogP contribution in [0.2, 0.25) is 0 Å². The molecule has 0 aliphatic heterocycles. The highest BCUT2D eigenvalue weighted by Crippen LogP contribution is 2.25. The molecule has 1 amide bonds. The van der Waals surface area contributed by atoms with E-state index in [0.717, 1.165) is 16.5 Å². The van der Waals surface area contributed by atoms with Gasteiger partial charge >= 0.3 is 0 Å². The molecule has 0 atom stereocenters. The van der Waals surface area contributed by atoms with Gasteiger partial charge in [0.25, 0.3) is 5.91 Å². The van der Waals surface area contributed by atoms with Crippen molar-refractivity contribution in [1.82, 2.24) is 25.1 Å². The van der Waals surface area contributed by atoms with Gasteiger partial charge in [-0.1, -0.05) is 42.5 Å². The summed E-state index contributed by atoms with van der Waals surface area (Å²) in [5, 5.41) is 8.98. The minimum Gasteiger partial charge on any atom is -0.419 e. The molecule has 0 unspecified atom stereocenters. The Morgan fingerprint density at radius 3 is 2.50 bits per heavy atom. The number of fused-ring (bicyclic) bond motifs is 1. The monoisotopic (exact) mass is 421 g/mol. The maximum Gasteiger partial charge on any atom is 0.254 e. The number of nitrogens with zero attached hydrogens (tertiary/aromatic N) is 5. The second-order valence-electron chi connectivity index (χ2n) is 7.32. The summed E-state index contributed by atoms with van der Waals surface area (Å²) in [5.41, 5.74) is 3.46. The highest BCUT2D eigenvalue weighted by Gasteiger charge is 2.20. The fourth-order valence-corrected chi connectivity index (χ4v) is 3.49. The summed E-state index contributed by atoms with van der Waals surface area (Å²) in [6.45, 7) is 0.189. The highest BCUT2D eigenvalue weighted by molar-refractivity contribution is 6.07. The normalized spacial score (nSPS) is 10.9. The third kappa shape index (κ3) is 3.83. The van der Waals surface area contributed by atoms with Crippen LogP contribution >= 0.6 is 0 Å². The molecule has 3 aromatic heterocycles. The molecule has 0 bridgehead atoms. The van der Waals surface area contributed by atoms with E-state index in [1.165, 1.54) is 0 Å². The smallest absolute Gasteiger partial charge is 0.254 e. The minimum atomic E-state index is -0.166. The molecule has 156 valence electrons. The summed E-state index contributed by atoms with van der Waals surface area (Å²) < 4.78 is 5.77. The predicted octanol–water partition coefficient (Wildman–Crippen LogP) is 4.62. The summed E-state index contributed by atoms with van der Waals surface area (Å²) in [4.78, 5) is 24.0. The van der Waals surface area contributed by atoms with Gasteiger partial charge in [-0.2, -0.15) is 0 Å². The summed E-state index contributed by atoms with van der Waals surface area (Å²) in [5.74, 6) is 0.622. The molecule has 5 rings (SSSR count). The van der Waals surface area contributed by atoms with Gasteiger partial charge in [-0.05, 0) is 36.4 Å². The van der Waals surface area contributed by atoms with E-state index in [1.807, 2.05) is 72.8 Å². The average molecular weight is 421 g/mol. The lowest BCUT2D eigenvalue weighted by molar-refractivity contribution is 0.0775. The fraction of sp³-hybridized carbons (Fsp3) is 0.0800. The molecule has 32 heavy (non-hydrogen) atoms. The maximum atomic E-state index is 13.4. The molecule has 0 saturated heterocycles. The number of rotatable bonds is 5. The molecule has 0 fully saturated rings. The zero-order valence-corrected chi connectivity index (χ0v) is 17.3. The molecule has 7 heteroatoms. The lowest BCUT2D eigenvalue weighted by Crippen LogP contribution is -2.26. The number of hydrogen-bond donors (Lipinski definition) is 0. The van der Waals surface area contributed by atoms with Crippen molar-refractivity contribution in [1.29, 1.82) is 0 Å². The molecule has 0 aliphatic rings. The number of pyridine rings is 2. The second-order valence-corrected chi connectivity index (χ2v) is 7.32. The van der Waals surface area contributed by atoms with Gasteiger partial charge in [-0.15, -0.1) is 10.2 Å². The van der Waals surface area contributed by atoms with Crippen molar-refractivity contribution in [3.8, 4) is 22.8 Å². The molecule has 0 spiro atoms. The van der Waals surface area contributed by atoms with Crippen molar-refractivity contribution in [2.45, 2.75) is 6.54 Å². The molecular formula is C25H19N5O2. The Balaban J connectivity index is 1.46. The first-order chi connectivity index (χ1) is 15.7. The molecule has 2 aromatic carbocycles. The summed E-state index contributed by atoms with van der Waals surface area (Å²) in [6, 6.07) is 24.5. The Kier molecular flexibility index (Phi) is 5.13. The van der Waals surface area contributed by atoms with Crippen LogP contribution in [0.25, 0.3) is 33.7 Å². The van der Waals surface area contributed by atoms with Crippen LogP contribution in [0, 0.1) is 0 Å². The third-order valence-electron chi connectivity index (χ3n) is 5.08. The van der Waals surface area contributed by atoms with E-state index in [9.17, 15) is 4.79 Å². The van der Waals surface area contributed by atoms with E-state index in [2.05, 4.69) is 15.2 Å². The van der Waals surface area contributed by atoms with E-state index < -0.39 is 0 Å². The van der Waals surface area contributed by atoms with E-state index in [-0.39, 0.29) is 12.5 Å². The van der Waals surface area contributed by atoms with E-state index >= 15 is 0 Å². The van der Waals surface area contributed by atoms with Gasteiger partial charge in [0.15, 0.2) is 0 Å². The van der Waals surface area contributed by atoms with E-state index in [4.69, 9.17) is 9.40 Å². The molecule has 0 aliphatic carbocycles. The van der Waals surface area contributed by atoms with Crippen molar-refractivity contribution in [3.05, 3.63) is 96.5 Å². The van der Waals surface area contributed by atoms with Crippen LogP contribution in [0.5, 0.6) is 0 Å². The van der Waals surface area contributed by atoms with Crippen molar-refractivity contribution in [3.63, 3.8) is 0 Å². The largest absolute Gasteiger partial charge is 0.419 e. The number of aromatic nitrogens is 4. The maximum absolute atomic E-state index is 13.4. The number of carbonyl (C=O) groups is 1. The van der Waals surface area contributed by atoms with Crippen LogP contribution in [0.15, 0.2) is 89.5 Å². The van der Waals surface area contributed by atoms with Gasteiger partial charge in [-0.25, -0.2) is 4.98 Å². The number of amides is 1. The molecule has 3 heterocycles. The number of para-hydroxylation sites is 1. The first kappa shape index (κ1) is 19.6. The van der Waals surface area contributed by atoms with Gasteiger partial charge in [0.2, 0.25) is 11.8 Å². The zero-order chi connectivity index (χ0) is 21.9. The Morgan fingerprint density at radius 2 is 1.69 bits per heavy atom. The van der Waals surface area contributed by atoms with Crippen LogP contribution in [0.4, 0.5) is 0 Å². The van der Waals surface area contributed by atoms with Gasteiger partial charge in [0.1, 0.15) is 0 Å². The molecule has 5 aromatic rings. The Labute approximate surface area is 184 Å². The molecule has 0 N–H and O–H groups in total. The standard InChI is InChI=1S/C25H19N5O2/c1-30(16-23-28-29-24(32-23)17-9-3-2-4-10-17)25(31)19-15-22(21-13-7-8-14-26-21)27-20-12-6-5-11-18(19)20/h2-15H,16H2,1H3. The van der Waals surface area contributed by atoms with Crippen molar-refractivity contribution in [2.75, 3.05) is 7.05 Å². The molecule has 0 saturated carbocycles. The molecule has 0 radical (unpaired) electrons. The number of hydrogen-bond acceptors (Lipinski definition) is 6. The predicted molar refractivity (Wildman–Crippen MR) is 121 cm³/mol. The van der Waals surface area contributed by atoms with E-state index in [0.29, 0.717) is 28.7 Å².